The topological polar surface area (TPSA) is 91.5 Å². The number of hydrazine groups is 1. The summed E-state index contributed by atoms with van der Waals surface area (Å²) in [6.45, 7) is 2.42. The monoisotopic (exact) mass is 278 g/mol. The number of carbonyl (C=O) groups is 1. The number of nitrogen functional groups attached to an aromatic ring is 1. The average Bonchev–Trinajstić information content (AvgIpc) is 3.28. The van der Waals surface area contributed by atoms with Crippen LogP contribution in [-0.2, 0) is 6.42 Å². The standard InChI is InChI=1S/C14H22N4O2/c1-2-3-11-8-10(9-13(16-11)17-15)14(20)18(6-7-19)12-4-5-12/h8-9,12,19H,2-7,15H2,1H3,(H,16,17). The van der Waals surface area contributed by atoms with Gasteiger partial charge in [-0.15, -0.1) is 0 Å². The molecule has 20 heavy (non-hydrogen) atoms. The molecule has 6 heteroatoms. The van der Waals surface area contributed by atoms with E-state index in [9.17, 15) is 4.79 Å². The average molecular weight is 278 g/mol. The minimum Gasteiger partial charge on any atom is -0.395 e. The highest BCUT2D eigenvalue weighted by Crippen LogP contribution is 2.28. The number of nitrogens with one attached hydrogen (secondary N) is 1. The zero-order valence-electron chi connectivity index (χ0n) is 11.8. The second-order valence-corrected chi connectivity index (χ2v) is 5.08. The number of aliphatic hydroxyl groups excluding tert-OH is 1. The number of amides is 1. The van der Waals surface area contributed by atoms with Crippen LogP contribution in [0.25, 0.3) is 0 Å². The van der Waals surface area contributed by atoms with Gasteiger partial charge < -0.3 is 15.4 Å². The summed E-state index contributed by atoms with van der Waals surface area (Å²) in [7, 11) is 0. The van der Waals surface area contributed by atoms with E-state index in [2.05, 4.69) is 17.3 Å². The summed E-state index contributed by atoms with van der Waals surface area (Å²) in [6.07, 6.45) is 3.79. The maximum absolute atomic E-state index is 12.6. The summed E-state index contributed by atoms with van der Waals surface area (Å²) in [5.74, 6) is 5.85. The van der Waals surface area contributed by atoms with Crippen molar-refractivity contribution in [2.45, 2.75) is 38.6 Å². The van der Waals surface area contributed by atoms with Crippen LogP contribution in [0.5, 0.6) is 0 Å². The van der Waals surface area contributed by atoms with Crippen molar-refractivity contribution in [1.82, 2.24) is 9.88 Å². The van der Waals surface area contributed by atoms with Crippen LogP contribution in [0.2, 0.25) is 0 Å². The molecule has 1 aromatic heterocycles. The Morgan fingerprint density at radius 3 is 2.85 bits per heavy atom. The first-order valence-electron chi connectivity index (χ1n) is 7.09. The second kappa shape index (κ2) is 6.67. The van der Waals surface area contributed by atoms with Gasteiger partial charge in [-0.3, -0.25) is 4.79 Å². The molecule has 0 radical (unpaired) electrons. The highest BCUT2D eigenvalue weighted by molar-refractivity contribution is 5.95. The van der Waals surface area contributed by atoms with Gasteiger partial charge in [-0.2, -0.15) is 0 Å². The third kappa shape index (κ3) is 3.46. The summed E-state index contributed by atoms with van der Waals surface area (Å²) >= 11 is 0. The lowest BCUT2D eigenvalue weighted by Gasteiger charge is -2.22. The van der Waals surface area contributed by atoms with E-state index in [0.29, 0.717) is 17.9 Å². The molecule has 1 aliphatic carbocycles. The van der Waals surface area contributed by atoms with Crippen LogP contribution in [-0.4, -0.2) is 40.1 Å². The summed E-state index contributed by atoms with van der Waals surface area (Å²) in [5, 5.41) is 9.11. The number of hydrogen-bond acceptors (Lipinski definition) is 5. The molecule has 0 spiro atoms. The van der Waals surface area contributed by atoms with Gasteiger partial charge in [-0.25, -0.2) is 10.8 Å². The van der Waals surface area contributed by atoms with Gasteiger partial charge in [-0.1, -0.05) is 13.3 Å². The first-order valence-corrected chi connectivity index (χ1v) is 7.09. The van der Waals surface area contributed by atoms with Crippen molar-refractivity contribution in [2.24, 2.45) is 5.84 Å². The Kier molecular flexibility index (Phi) is 4.92. The van der Waals surface area contributed by atoms with Gasteiger partial charge in [0, 0.05) is 23.8 Å². The van der Waals surface area contributed by atoms with Gasteiger partial charge >= 0.3 is 0 Å². The molecule has 6 nitrogen and oxygen atoms in total. The number of pyridine rings is 1. The quantitative estimate of drug-likeness (QED) is 0.509. The van der Waals surface area contributed by atoms with Crippen molar-refractivity contribution in [2.75, 3.05) is 18.6 Å². The van der Waals surface area contributed by atoms with Crippen molar-refractivity contribution in [3.8, 4) is 0 Å². The molecule has 1 heterocycles. The van der Waals surface area contributed by atoms with E-state index < -0.39 is 0 Å². The lowest BCUT2D eigenvalue weighted by atomic mass is 10.1. The third-order valence-corrected chi connectivity index (χ3v) is 3.37. The summed E-state index contributed by atoms with van der Waals surface area (Å²) in [5.41, 5.74) is 3.94. The summed E-state index contributed by atoms with van der Waals surface area (Å²) in [4.78, 5) is 18.6. The molecule has 2 rings (SSSR count). The van der Waals surface area contributed by atoms with Gasteiger partial charge in [0.25, 0.3) is 5.91 Å². The summed E-state index contributed by atoms with van der Waals surface area (Å²) < 4.78 is 0. The predicted octanol–water partition coefficient (Wildman–Crippen LogP) is 0.917. The lowest BCUT2D eigenvalue weighted by Crippen LogP contribution is -2.35. The molecule has 1 saturated carbocycles. The molecule has 0 aliphatic heterocycles. The van der Waals surface area contributed by atoms with Gasteiger partial charge in [-0.05, 0) is 31.4 Å². The van der Waals surface area contributed by atoms with Crippen LogP contribution in [0.1, 0.15) is 42.2 Å². The molecule has 0 bridgehead atoms. The van der Waals surface area contributed by atoms with Gasteiger partial charge in [0.2, 0.25) is 0 Å². The molecule has 110 valence electrons. The van der Waals surface area contributed by atoms with Crippen molar-refractivity contribution in [3.05, 3.63) is 23.4 Å². The number of aliphatic hydroxyl groups is 1. The molecule has 4 N–H and O–H groups in total. The van der Waals surface area contributed by atoms with Crippen LogP contribution in [0, 0.1) is 0 Å². The van der Waals surface area contributed by atoms with Crippen LogP contribution < -0.4 is 11.3 Å². The molecule has 1 aliphatic rings. The Labute approximate surface area is 119 Å². The van der Waals surface area contributed by atoms with Crippen LogP contribution in [0.4, 0.5) is 5.82 Å². The minimum absolute atomic E-state index is 0.0167. The number of rotatable bonds is 7. The van der Waals surface area contributed by atoms with E-state index in [0.717, 1.165) is 31.4 Å². The molecular weight excluding hydrogens is 256 g/mol. The number of nitrogens with two attached hydrogens (primary N) is 1. The third-order valence-electron chi connectivity index (χ3n) is 3.37. The van der Waals surface area contributed by atoms with Crippen molar-refractivity contribution in [3.63, 3.8) is 0 Å². The minimum atomic E-state index is -0.0576. The van der Waals surface area contributed by atoms with E-state index in [1.54, 1.807) is 11.0 Å². The van der Waals surface area contributed by atoms with E-state index in [-0.39, 0.29) is 18.6 Å². The Bertz CT molecular complexity index is 474. The predicted molar refractivity (Wildman–Crippen MR) is 77.2 cm³/mol. The van der Waals surface area contributed by atoms with Crippen molar-refractivity contribution in [1.29, 1.82) is 0 Å². The fourth-order valence-electron chi connectivity index (χ4n) is 2.28. The number of aryl methyl sites for hydroxylation is 1. The van der Waals surface area contributed by atoms with E-state index in [1.807, 2.05) is 6.07 Å². The van der Waals surface area contributed by atoms with E-state index in [4.69, 9.17) is 10.9 Å². The van der Waals surface area contributed by atoms with Crippen LogP contribution in [0.3, 0.4) is 0 Å². The van der Waals surface area contributed by atoms with Crippen LogP contribution >= 0.6 is 0 Å². The van der Waals surface area contributed by atoms with Crippen molar-refractivity contribution < 1.29 is 9.90 Å². The number of nitrogens with zero attached hydrogens (tertiary/aromatic N) is 2. The Morgan fingerprint density at radius 2 is 2.30 bits per heavy atom. The number of aromatic nitrogens is 1. The molecule has 0 saturated heterocycles. The lowest BCUT2D eigenvalue weighted by molar-refractivity contribution is 0.0707. The Hall–Kier alpha value is -1.66. The highest BCUT2D eigenvalue weighted by atomic mass is 16.3. The second-order valence-electron chi connectivity index (χ2n) is 5.08. The van der Waals surface area contributed by atoms with Crippen LogP contribution in [0.15, 0.2) is 12.1 Å². The molecule has 1 fully saturated rings. The molecular formula is C14H22N4O2. The maximum Gasteiger partial charge on any atom is 0.254 e. The van der Waals surface area contributed by atoms with E-state index >= 15 is 0 Å². The number of anilines is 1. The zero-order valence-corrected chi connectivity index (χ0v) is 11.8. The molecule has 0 aromatic carbocycles. The van der Waals surface area contributed by atoms with Crippen molar-refractivity contribution >= 4 is 11.7 Å². The Balaban J connectivity index is 2.24. The van der Waals surface area contributed by atoms with E-state index in [1.165, 1.54) is 0 Å². The first-order chi connectivity index (χ1) is 9.69. The largest absolute Gasteiger partial charge is 0.395 e. The van der Waals surface area contributed by atoms with Gasteiger partial charge in [0.15, 0.2) is 0 Å². The van der Waals surface area contributed by atoms with Gasteiger partial charge in [0.1, 0.15) is 5.82 Å². The zero-order chi connectivity index (χ0) is 14.5. The number of carbonyl (C=O) groups excluding carboxylic acids is 1. The number of hydrogen-bond donors (Lipinski definition) is 3. The smallest absolute Gasteiger partial charge is 0.254 e. The molecule has 0 atom stereocenters. The Morgan fingerprint density at radius 1 is 1.55 bits per heavy atom. The fraction of sp³-hybridized carbons (Fsp3) is 0.571. The first kappa shape index (κ1) is 14.7. The fourth-order valence-corrected chi connectivity index (χ4v) is 2.28. The normalized spacial score (nSPS) is 14.2. The summed E-state index contributed by atoms with van der Waals surface area (Å²) in [6, 6.07) is 3.75. The maximum atomic E-state index is 12.6. The highest BCUT2D eigenvalue weighted by Gasteiger charge is 2.32. The molecule has 1 aromatic rings. The SMILES string of the molecule is CCCc1cc(C(=O)N(CCO)C2CC2)cc(NN)n1. The van der Waals surface area contributed by atoms with Gasteiger partial charge in [0.05, 0.1) is 6.61 Å². The molecule has 1 amide bonds. The molecule has 0 unspecified atom stereocenters.